The van der Waals surface area contributed by atoms with Crippen LogP contribution in [0.2, 0.25) is 0 Å². The van der Waals surface area contributed by atoms with E-state index in [1.54, 1.807) is 31.3 Å². The lowest BCUT2D eigenvalue weighted by Gasteiger charge is -2.05. The predicted molar refractivity (Wildman–Crippen MR) is 66.9 cm³/mol. The quantitative estimate of drug-likeness (QED) is 0.854. The maximum Gasteiger partial charge on any atom is 0.251 e. The Kier molecular flexibility index (Phi) is 3.28. The normalized spacial score (nSPS) is 10.1. The molecule has 0 bridgehead atoms. The highest BCUT2D eigenvalue weighted by molar-refractivity contribution is 5.95. The minimum Gasteiger partial charge on any atom is -0.508 e. The highest BCUT2D eigenvalue weighted by atomic mass is 19.1. The molecule has 4 heteroatoms. The molecule has 0 aromatic heterocycles. The van der Waals surface area contributed by atoms with Crippen molar-refractivity contribution in [3.05, 3.63) is 53.8 Å². The van der Waals surface area contributed by atoms with Crippen LogP contribution in [0.15, 0.2) is 42.5 Å². The van der Waals surface area contributed by atoms with Crippen molar-refractivity contribution in [1.82, 2.24) is 5.32 Å². The van der Waals surface area contributed by atoms with Gasteiger partial charge in [-0.15, -0.1) is 0 Å². The number of carbonyl (C=O) groups excluding carboxylic acids is 1. The zero-order chi connectivity index (χ0) is 13.1. The van der Waals surface area contributed by atoms with Crippen LogP contribution in [-0.4, -0.2) is 18.1 Å². The monoisotopic (exact) mass is 245 g/mol. The first kappa shape index (κ1) is 12.1. The van der Waals surface area contributed by atoms with Gasteiger partial charge in [0.15, 0.2) is 0 Å². The predicted octanol–water partition coefficient (Wildman–Crippen LogP) is 2.56. The fourth-order valence-corrected chi connectivity index (χ4v) is 1.73. The van der Waals surface area contributed by atoms with E-state index in [-0.39, 0.29) is 11.7 Å². The maximum absolute atomic E-state index is 13.2. The average Bonchev–Trinajstić information content (AvgIpc) is 2.37. The topological polar surface area (TPSA) is 49.3 Å². The molecule has 2 rings (SSSR count). The highest BCUT2D eigenvalue weighted by Crippen LogP contribution is 2.25. The molecule has 0 aliphatic rings. The number of carbonyl (C=O) groups is 1. The molecule has 2 aromatic rings. The lowest BCUT2D eigenvalue weighted by Crippen LogP contribution is -2.17. The van der Waals surface area contributed by atoms with E-state index in [9.17, 15) is 14.3 Å². The Morgan fingerprint density at radius 2 is 1.94 bits per heavy atom. The Morgan fingerprint density at radius 1 is 1.17 bits per heavy atom. The molecule has 0 saturated heterocycles. The summed E-state index contributed by atoms with van der Waals surface area (Å²) in [4.78, 5) is 11.5. The molecule has 3 nitrogen and oxygen atoms in total. The van der Waals surface area contributed by atoms with Crippen LogP contribution >= 0.6 is 0 Å². The van der Waals surface area contributed by atoms with Crippen LogP contribution in [0, 0.1) is 5.82 Å². The zero-order valence-corrected chi connectivity index (χ0v) is 9.77. The second-order valence-corrected chi connectivity index (χ2v) is 3.86. The summed E-state index contributed by atoms with van der Waals surface area (Å²) in [5, 5.41) is 11.9. The summed E-state index contributed by atoms with van der Waals surface area (Å²) in [6, 6.07) is 10.6. The van der Waals surface area contributed by atoms with E-state index in [0.29, 0.717) is 16.7 Å². The molecule has 0 fully saturated rings. The van der Waals surface area contributed by atoms with Gasteiger partial charge in [-0.2, -0.15) is 0 Å². The van der Waals surface area contributed by atoms with Crippen molar-refractivity contribution in [2.24, 2.45) is 0 Å². The van der Waals surface area contributed by atoms with Crippen LogP contribution in [0.5, 0.6) is 5.75 Å². The molecule has 2 N–H and O–H groups in total. The molecule has 1 amide bonds. The lowest BCUT2D eigenvalue weighted by molar-refractivity contribution is 0.0963. The second kappa shape index (κ2) is 4.87. The molecule has 0 spiro atoms. The number of benzene rings is 2. The van der Waals surface area contributed by atoms with Gasteiger partial charge < -0.3 is 10.4 Å². The Morgan fingerprint density at radius 3 is 2.61 bits per heavy atom. The molecule has 0 radical (unpaired) electrons. The fourth-order valence-electron chi connectivity index (χ4n) is 1.73. The van der Waals surface area contributed by atoms with Crippen molar-refractivity contribution in [2.75, 3.05) is 7.05 Å². The van der Waals surface area contributed by atoms with Gasteiger partial charge in [0.2, 0.25) is 0 Å². The van der Waals surface area contributed by atoms with Crippen LogP contribution in [0.25, 0.3) is 11.1 Å². The molecule has 0 saturated carbocycles. The summed E-state index contributed by atoms with van der Waals surface area (Å²) in [7, 11) is 1.54. The minimum atomic E-state index is -0.518. The molecule has 0 aliphatic carbocycles. The van der Waals surface area contributed by atoms with Gasteiger partial charge in [-0.05, 0) is 35.4 Å². The van der Waals surface area contributed by atoms with Crippen molar-refractivity contribution in [1.29, 1.82) is 0 Å². The Bertz CT molecular complexity index is 576. The maximum atomic E-state index is 13.2. The van der Waals surface area contributed by atoms with Crippen LogP contribution < -0.4 is 5.32 Å². The fraction of sp³-hybridized carbons (Fsp3) is 0.0714. The van der Waals surface area contributed by atoms with E-state index in [1.807, 2.05) is 0 Å². The number of hydrogen-bond donors (Lipinski definition) is 2. The van der Waals surface area contributed by atoms with Crippen LogP contribution in [0.4, 0.5) is 4.39 Å². The van der Waals surface area contributed by atoms with Crippen molar-refractivity contribution in [3.8, 4) is 16.9 Å². The van der Waals surface area contributed by atoms with Crippen molar-refractivity contribution < 1.29 is 14.3 Å². The smallest absolute Gasteiger partial charge is 0.251 e. The zero-order valence-electron chi connectivity index (χ0n) is 9.77. The SMILES string of the molecule is CNC(=O)c1cccc(-c2cc(O)cc(F)c2)c1. The molecular weight excluding hydrogens is 233 g/mol. The van der Waals surface area contributed by atoms with Crippen LogP contribution in [-0.2, 0) is 0 Å². The van der Waals surface area contributed by atoms with Gasteiger partial charge in [-0.25, -0.2) is 4.39 Å². The molecule has 2 aromatic carbocycles. The Labute approximate surface area is 104 Å². The number of halogens is 1. The van der Waals surface area contributed by atoms with Crippen LogP contribution in [0.3, 0.4) is 0 Å². The summed E-state index contributed by atoms with van der Waals surface area (Å²) < 4.78 is 13.2. The summed E-state index contributed by atoms with van der Waals surface area (Å²) in [5.74, 6) is -0.872. The highest BCUT2D eigenvalue weighted by Gasteiger charge is 2.07. The Balaban J connectivity index is 2.47. The van der Waals surface area contributed by atoms with Gasteiger partial charge in [-0.3, -0.25) is 4.79 Å². The van der Waals surface area contributed by atoms with E-state index in [4.69, 9.17) is 0 Å². The third-order valence-electron chi connectivity index (χ3n) is 2.57. The van der Waals surface area contributed by atoms with Gasteiger partial charge in [-0.1, -0.05) is 12.1 Å². The van der Waals surface area contributed by atoms with Gasteiger partial charge >= 0.3 is 0 Å². The third kappa shape index (κ3) is 2.48. The third-order valence-corrected chi connectivity index (χ3v) is 2.57. The first-order chi connectivity index (χ1) is 8.60. The Hall–Kier alpha value is -2.36. The number of phenolic OH excluding ortho intramolecular Hbond substituents is 1. The number of nitrogens with one attached hydrogen (secondary N) is 1. The molecule has 18 heavy (non-hydrogen) atoms. The summed E-state index contributed by atoms with van der Waals surface area (Å²) in [6.45, 7) is 0. The van der Waals surface area contributed by atoms with Crippen LogP contribution in [0.1, 0.15) is 10.4 Å². The van der Waals surface area contributed by atoms with Crippen molar-refractivity contribution in [2.45, 2.75) is 0 Å². The van der Waals surface area contributed by atoms with Gasteiger partial charge in [0.05, 0.1) is 0 Å². The van der Waals surface area contributed by atoms with Gasteiger partial charge in [0.1, 0.15) is 11.6 Å². The number of amides is 1. The van der Waals surface area contributed by atoms with E-state index in [0.717, 1.165) is 6.07 Å². The second-order valence-electron chi connectivity index (χ2n) is 3.86. The molecule has 0 atom stereocenters. The molecule has 0 aliphatic heterocycles. The first-order valence-corrected chi connectivity index (χ1v) is 5.42. The van der Waals surface area contributed by atoms with E-state index < -0.39 is 5.82 Å². The van der Waals surface area contributed by atoms with Gasteiger partial charge in [0, 0.05) is 18.7 Å². The summed E-state index contributed by atoms with van der Waals surface area (Å²) in [5.41, 5.74) is 1.68. The number of aromatic hydroxyl groups is 1. The number of rotatable bonds is 2. The van der Waals surface area contributed by atoms with Crippen molar-refractivity contribution in [3.63, 3.8) is 0 Å². The first-order valence-electron chi connectivity index (χ1n) is 5.42. The molecular formula is C14H12FNO2. The summed E-state index contributed by atoms with van der Waals surface area (Å²) in [6.07, 6.45) is 0. The molecule has 0 heterocycles. The number of phenols is 1. The van der Waals surface area contributed by atoms with E-state index in [2.05, 4.69) is 5.32 Å². The van der Waals surface area contributed by atoms with Gasteiger partial charge in [0.25, 0.3) is 5.91 Å². The van der Waals surface area contributed by atoms with Crippen molar-refractivity contribution >= 4 is 5.91 Å². The number of hydrogen-bond acceptors (Lipinski definition) is 2. The standard InChI is InChI=1S/C14H12FNO2/c1-16-14(18)10-4-2-3-9(5-10)11-6-12(15)8-13(17)7-11/h2-8,17H,1H3,(H,16,18). The lowest BCUT2D eigenvalue weighted by atomic mass is 10.0. The largest absolute Gasteiger partial charge is 0.508 e. The molecule has 0 unspecified atom stereocenters. The minimum absolute atomic E-state index is 0.143. The molecule has 92 valence electrons. The summed E-state index contributed by atoms with van der Waals surface area (Å²) >= 11 is 0. The van der Waals surface area contributed by atoms with E-state index >= 15 is 0 Å². The average molecular weight is 245 g/mol. The van der Waals surface area contributed by atoms with E-state index in [1.165, 1.54) is 12.1 Å².